The van der Waals surface area contributed by atoms with E-state index in [0.717, 1.165) is 5.02 Å². The first kappa shape index (κ1) is 22.7. The molecule has 29 heavy (non-hydrogen) atoms. The van der Waals surface area contributed by atoms with Crippen LogP contribution in [0.3, 0.4) is 0 Å². The Labute approximate surface area is 178 Å². The van der Waals surface area contributed by atoms with Crippen LogP contribution in [0.4, 0.5) is 0 Å². The van der Waals surface area contributed by atoms with E-state index in [1.54, 1.807) is 24.3 Å². The van der Waals surface area contributed by atoms with Gasteiger partial charge in [0.25, 0.3) is 0 Å². The molecule has 0 bridgehead atoms. The van der Waals surface area contributed by atoms with Crippen molar-refractivity contribution < 1.29 is 19.2 Å². The van der Waals surface area contributed by atoms with Crippen molar-refractivity contribution in [1.29, 1.82) is 0 Å². The summed E-state index contributed by atoms with van der Waals surface area (Å²) in [6.45, 7) is 0. The topological polar surface area (TPSA) is 77.4 Å². The van der Waals surface area contributed by atoms with Crippen LogP contribution < -0.4 is 0 Å². The molecule has 0 radical (unpaired) electrons. The van der Waals surface area contributed by atoms with E-state index in [2.05, 4.69) is 12.1 Å². The van der Waals surface area contributed by atoms with Gasteiger partial charge in [0.15, 0.2) is 4.90 Å². The minimum atomic E-state index is -1.43. The number of Topliss-reactive ketones (excluding diaryl/α,β-unsaturated/α-hetero) is 1. The van der Waals surface area contributed by atoms with Crippen molar-refractivity contribution >= 4 is 34.5 Å². The lowest BCUT2D eigenvalue weighted by atomic mass is 10.1. The van der Waals surface area contributed by atoms with Gasteiger partial charge in [-0.15, -0.1) is 0 Å². The van der Waals surface area contributed by atoms with Crippen molar-refractivity contribution in [3.63, 3.8) is 0 Å². The Hall–Kier alpha value is -2.60. The highest BCUT2D eigenvalue weighted by Crippen LogP contribution is 2.20. The summed E-state index contributed by atoms with van der Waals surface area (Å²) in [4.78, 5) is 21.7. The zero-order valence-corrected chi connectivity index (χ0v) is 17.2. The number of benzene rings is 3. The molecule has 0 aliphatic rings. The molecule has 6 heteroatoms. The van der Waals surface area contributed by atoms with Gasteiger partial charge in [-0.1, -0.05) is 72.3 Å². The second kappa shape index (κ2) is 12.1. The van der Waals surface area contributed by atoms with E-state index in [1.165, 1.54) is 11.1 Å². The highest BCUT2D eigenvalue weighted by molar-refractivity contribution is 7.91. The first-order chi connectivity index (χ1) is 14.0. The molecule has 1 atom stereocenters. The minimum absolute atomic E-state index is 0.0616. The van der Waals surface area contributed by atoms with Gasteiger partial charge >= 0.3 is 5.97 Å². The third-order valence-corrected chi connectivity index (χ3v) is 5.64. The largest absolute Gasteiger partial charge is 0.611 e. The quantitative estimate of drug-likeness (QED) is 0.412. The molecule has 1 N–H and O–H groups in total. The zero-order chi connectivity index (χ0) is 21.1. The van der Waals surface area contributed by atoms with Crippen molar-refractivity contribution in [3.8, 4) is 11.1 Å². The smallest absolute Gasteiger partial charge is 0.372 e. The van der Waals surface area contributed by atoms with Crippen LogP contribution in [0.25, 0.3) is 11.1 Å². The van der Waals surface area contributed by atoms with Gasteiger partial charge in [0.05, 0.1) is 0 Å². The van der Waals surface area contributed by atoms with Gasteiger partial charge in [-0.3, -0.25) is 4.79 Å². The van der Waals surface area contributed by atoms with Crippen molar-refractivity contribution in [1.82, 2.24) is 0 Å². The summed E-state index contributed by atoms with van der Waals surface area (Å²) in [6.07, 6.45) is 0.264. The van der Waals surface area contributed by atoms with Gasteiger partial charge in [0.1, 0.15) is 5.75 Å². The fourth-order valence-corrected chi connectivity index (χ4v) is 3.66. The maximum atomic E-state index is 11.6. The van der Waals surface area contributed by atoms with Crippen LogP contribution in [-0.2, 0) is 20.8 Å². The molecule has 0 spiro atoms. The number of carboxylic acids is 1. The highest BCUT2D eigenvalue weighted by atomic mass is 35.5. The van der Waals surface area contributed by atoms with E-state index in [-0.39, 0.29) is 6.42 Å². The molecular weight excluding hydrogens is 408 g/mol. The van der Waals surface area contributed by atoms with Gasteiger partial charge in [-0.2, -0.15) is 0 Å². The fraction of sp³-hybridized carbons (Fsp3) is 0.130. The number of carbonyl (C=O) groups excluding carboxylic acids is 1. The number of ketones is 1. The number of carboxylic acid groups (broad SMARTS) is 1. The molecule has 0 saturated carbocycles. The van der Waals surface area contributed by atoms with E-state index in [1.807, 2.05) is 48.5 Å². The molecule has 0 amide bonds. The predicted molar refractivity (Wildman–Crippen MR) is 116 cm³/mol. The highest BCUT2D eigenvalue weighted by Gasteiger charge is 2.14. The van der Waals surface area contributed by atoms with E-state index in [0.29, 0.717) is 17.1 Å². The maximum Gasteiger partial charge on any atom is 0.372 e. The standard InChI is InChI=1S/C12H9Cl.C11H12O4S/c13-12-8-6-11(7-9-12)10-4-2-1-3-5-10;12-10(11(13)14)7-4-8-16(15)9-5-2-1-3-6-9/h1-9H;1-3,5-6H,4,7-8H2,(H,13,14). The third kappa shape index (κ3) is 8.11. The van der Waals surface area contributed by atoms with Crippen LogP contribution in [0.1, 0.15) is 12.8 Å². The van der Waals surface area contributed by atoms with Gasteiger partial charge in [0.2, 0.25) is 5.78 Å². The van der Waals surface area contributed by atoms with Crippen molar-refractivity contribution in [2.45, 2.75) is 17.7 Å². The Morgan fingerprint density at radius 3 is 1.90 bits per heavy atom. The Morgan fingerprint density at radius 1 is 0.828 bits per heavy atom. The van der Waals surface area contributed by atoms with E-state index >= 15 is 0 Å². The molecule has 3 aromatic rings. The van der Waals surface area contributed by atoms with Crippen molar-refractivity contribution in [2.24, 2.45) is 0 Å². The zero-order valence-electron chi connectivity index (χ0n) is 15.7. The number of hydrogen-bond donors (Lipinski definition) is 1. The molecule has 150 valence electrons. The summed E-state index contributed by atoms with van der Waals surface area (Å²) < 4.78 is 11.6. The Kier molecular flexibility index (Phi) is 9.44. The van der Waals surface area contributed by atoms with Crippen LogP contribution in [0.15, 0.2) is 89.8 Å². The van der Waals surface area contributed by atoms with Crippen LogP contribution in [0.2, 0.25) is 5.02 Å². The molecule has 0 aliphatic carbocycles. The molecule has 0 fully saturated rings. The lowest BCUT2D eigenvalue weighted by molar-refractivity contribution is -0.149. The molecule has 1 unspecified atom stereocenters. The fourth-order valence-electron chi connectivity index (χ4n) is 2.43. The van der Waals surface area contributed by atoms with Gasteiger partial charge in [-0.05, 0) is 46.6 Å². The van der Waals surface area contributed by atoms with Gasteiger partial charge in [-0.25, -0.2) is 4.79 Å². The first-order valence-corrected chi connectivity index (χ1v) is 10.7. The van der Waals surface area contributed by atoms with Crippen molar-refractivity contribution in [2.75, 3.05) is 5.75 Å². The van der Waals surface area contributed by atoms with Crippen LogP contribution in [0.5, 0.6) is 0 Å². The SMILES string of the molecule is Clc1ccc(-c2ccccc2)cc1.O=C(O)C(=O)CCC[S+]([O-])c1ccccc1. The van der Waals surface area contributed by atoms with Crippen LogP contribution in [0, 0.1) is 0 Å². The van der Waals surface area contributed by atoms with E-state index in [9.17, 15) is 14.1 Å². The minimum Gasteiger partial charge on any atom is -0.611 e. The number of carbonyl (C=O) groups is 2. The second-order valence-electron chi connectivity index (χ2n) is 6.07. The number of halogens is 1. The van der Waals surface area contributed by atoms with Crippen LogP contribution in [-0.4, -0.2) is 27.2 Å². The molecule has 3 rings (SSSR count). The Bertz CT molecular complexity index is 899. The predicted octanol–water partition coefficient (Wildman–Crippen LogP) is 5.24. The summed E-state index contributed by atoms with van der Waals surface area (Å²) >= 11 is 4.64. The van der Waals surface area contributed by atoms with Crippen LogP contribution >= 0.6 is 11.6 Å². The Balaban J connectivity index is 0.000000211. The van der Waals surface area contributed by atoms with Gasteiger partial charge < -0.3 is 9.66 Å². The van der Waals surface area contributed by atoms with Crippen molar-refractivity contribution in [3.05, 3.63) is 90.0 Å². The summed E-state index contributed by atoms with van der Waals surface area (Å²) in [5.41, 5.74) is 2.42. The number of hydrogen-bond acceptors (Lipinski definition) is 3. The monoisotopic (exact) mass is 428 g/mol. The molecular formula is C23H21ClO4S. The lowest BCUT2D eigenvalue weighted by Crippen LogP contribution is -2.14. The lowest BCUT2D eigenvalue weighted by Gasteiger charge is -2.09. The second-order valence-corrected chi connectivity index (χ2v) is 8.07. The molecule has 0 aliphatic heterocycles. The average molecular weight is 429 g/mol. The third-order valence-electron chi connectivity index (χ3n) is 3.93. The summed E-state index contributed by atoms with van der Waals surface area (Å²) in [7, 11) is 0. The molecule has 0 heterocycles. The number of aliphatic carboxylic acids is 1. The summed E-state index contributed by atoms with van der Waals surface area (Å²) in [6, 6.07) is 27.0. The molecule has 0 saturated heterocycles. The number of rotatable bonds is 7. The molecule has 4 nitrogen and oxygen atoms in total. The maximum absolute atomic E-state index is 11.6. The normalized spacial score (nSPS) is 11.1. The van der Waals surface area contributed by atoms with E-state index in [4.69, 9.17) is 16.7 Å². The molecule has 3 aromatic carbocycles. The molecule has 0 aromatic heterocycles. The summed E-state index contributed by atoms with van der Waals surface area (Å²) in [5.74, 6) is -1.95. The summed E-state index contributed by atoms with van der Waals surface area (Å²) in [5, 5.41) is 9.12. The average Bonchev–Trinajstić information content (AvgIpc) is 2.75. The van der Waals surface area contributed by atoms with Gasteiger partial charge in [0, 0.05) is 17.9 Å². The first-order valence-electron chi connectivity index (χ1n) is 8.98. The van der Waals surface area contributed by atoms with E-state index < -0.39 is 22.9 Å². The Morgan fingerprint density at radius 2 is 1.34 bits per heavy atom.